The Kier molecular flexibility index (Phi) is 3.97. The van der Waals surface area contributed by atoms with Gasteiger partial charge >= 0.3 is 0 Å². The van der Waals surface area contributed by atoms with Gasteiger partial charge in [0, 0.05) is 19.3 Å². The van der Waals surface area contributed by atoms with Gasteiger partial charge in [-0.1, -0.05) is 12.1 Å². The van der Waals surface area contributed by atoms with Crippen LogP contribution in [0.25, 0.3) is 0 Å². The van der Waals surface area contributed by atoms with Crippen molar-refractivity contribution in [1.29, 1.82) is 0 Å². The van der Waals surface area contributed by atoms with Crippen molar-refractivity contribution in [1.82, 2.24) is 9.97 Å². The van der Waals surface area contributed by atoms with Crippen molar-refractivity contribution in [2.75, 3.05) is 19.1 Å². The lowest BCUT2D eigenvalue weighted by Crippen LogP contribution is -2.16. The van der Waals surface area contributed by atoms with Crippen LogP contribution in [0.5, 0.6) is 5.75 Å². The molecule has 0 amide bonds. The highest BCUT2D eigenvalue weighted by molar-refractivity contribution is 5.64. The smallest absolute Gasteiger partial charge is 0.230 e. The summed E-state index contributed by atoms with van der Waals surface area (Å²) in [5.41, 5.74) is 8.28. The van der Waals surface area contributed by atoms with E-state index in [4.69, 9.17) is 10.5 Å². The number of ether oxygens (including phenoxy) is 1. The number of rotatable bonds is 4. The normalized spacial score (nSPS) is 10.3. The van der Waals surface area contributed by atoms with Crippen molar-refractivity contribution in [3.8, 4) is 5.75 Å². The average molecular weight is 258 g/mol. The Balaban J connectivity index is 2.43. The molecule has 0 aliphatic carbocycles. The molecule has 5 nitrogen and oxygen atoms in total. The van der Waals surface area contributed by atoms with Crippen molar-refractivity contribution in [3.05, 3.63) is 41.7 Å². The van der Waals surface area contributed by atoms with Gasteiger partial charge < -0.3 is 15.4 Å². The van der Waals surface area contributed by atoms with Crippen LogP contribution in [0.4, 0.5) is 11.6 Å². The maximum absolute atomic E-state index is 5.65. The summed E-state index contributed by atoms with van der Waals surface area (Å²) in [5, 5.41) is 0. The molecule has 1 heterocycles. The average Bonchev–Trinajstić information content (AvgIpc) is 2.45. The second-order valence-corrected chi connectivity index (χ2v) is 4.24. The van der Waals surface area contributed by atoms with E-state index in [1.165, 1.54) is 0 Å². The van der Waals surface area contributed by atoms with Crippen molar-refractivity contribution in [2.24, 2.45) is 5.73 Å². The summed E-state index contributed by atoms with van der Waals surface area (Å²) < 4.78 is 5.35. The van der Waals surface area contributed by atoms with Gasteiger partial charge in [-0.2, -0.15) is 0 Å². The first-order valence-corrected chi connectivity index (χ1v) is 6.07. The van der Waals surface area contributed by atoms with Gasteiger partial charge in [0.25, 0.3) is 0 Å². The summed E-state index contributed by atoms with van der Waals surface area (Å²) in [5.74, 6) is 1.40. The SMILES string of the molecule is COc1ccccc1N(C)c1nc(C)cc(CN)n1. The minimum absolute atomic E-state index is 0.399. The highest BCUT2D eigenvalue weighted by Crippen LogP contribution is 2.30. The Morgan fingerprint density at radius 1 is 1.26 bits per heavy atom. The fourth-order valence-electron chi connectivity index (χ4n) is 1.89. The molecule has 0 aliphatic rings. The van der Waals surface area contributed by atoms with Gasteiger partial charge in [-0.05, 0) is 25.1 Å². The highest BCUT2D eigenvalue weighted by Gasteiger charge is 2.12. The number of aromatic nitrogens is 2. The number of benzene rings is 1. The minimum atomic E-state index is 0.399. The Hall–Kier alpha value is -2.14. The predicted octanol–water partition coefficient (Wildman–Crippen LogP) is 2.02. The Labute approximate surface area is 113 Å². The summed E-state index contributed by atoms with van der Waals surface area (Å²) in [6.07, 6.45) is 0. The van der Waals surface area contributed by atoms with Crippen LogP contribution in [0.3, 0.4) is 0 Å². The quantitative estimate of drug-likeness (QED) is 0.909. The Morgan fingerprint density at radius 3 is 2.68 bits per heavy atom. The van der Waals surface area contributed by atoms with E-state index in [-0.39, 0.29) is 0 Å². The zero-order valence-electron chi connectivity index (χ0n) is 11.4. The predicted molar refractivity (Wildman–Crippen MR) is 75.7 cm³/mol. The molecule has 5 heteroatoms. The minimum Gasteiger partial charge on any atom is -0.495 e. The van der Waals surface area contributed by atoms with Gasteiger partial charge in [-0.15, -0.1) is 0 Å². The fraction of sp³-hybridized carbons (Fsp3) is 0.286. The molecule has 2 aromatic rings. The maximum atomic E-state index is 5.65. The van der Waals surface area contributed by atoms with Gasteiger partial charge in [0.15, 0.2) is 0 Å². The van der Waals surface area contributed by atoms with Crippen LogP contribution in [0.1, 0.15) is 11.4 Å². The van der Waals surface area contributed by atoms with Crippen LogP contribution in [0, 0.1) is 6.92 Å². The van der Waals surface area contributed by atoms with E-state index in [0.29, 0.717) is 12.5 Å². The molecule has 0 aliphatic heterocycles. The first-order valence-electron chi connectivity index (χ1n) is 6.07. The number of methoxy groups -OCH3 is 1. The fourth-order valence-corrected chi connectivity index (χ4v) is 1.89. The third kappa shape index (κ3) is 2.82. The Morgan fingerprint density at radius 2 is 2.00 bits per heavy atom. The molecule has 100 valence electrons. The van der Waals surface area contributed by atoms with Crippen molar-refractivity contribution in [2.45, 2.75) is 13.5 Å². The second kappa shape index (κ2) is 5.67. The molecule has 0 atom stereocenters. The van der Waals surface area contributed by atoms with E-state index in [9.17, 15) is 0 Å². The molecular formula is C14H18N4O. The molecule has 19 heavy (non-hydrogen) atoms. The number of anilines is 2. The van der Waals surface area contributed by atoms with E-state index >= 15 is 0 Å². The zero-order chi connectivity index (χ0) is 13.8. The molecule has 0 saturated heterocycles. The number of hydrogen-bond acceptors (Lipinski definition) is 5. The van der Waals surface area contributed by atoms with Gasteiger partial charge in [0.05, 0.1) is 18.5 Å². The van der Waals surface area contributed by atoms with Gasteiger partial charge in [-0.3, -0.25) is 0 Å². The van der Waals surface area contributed by atoms with Crippen LogP contribution in [-0.2, 0) is 6.54 Å². The van der Waals surface area contributed by atoms with Gasteiger partial charge in [-0.25, -0.2) is 9.97 Å². The first-order chi connectivity index (χ1) is 9.15. The number of nitrogens with two attached hydrogens (primary N) is 1. The van der Waals surface area contributed by atoms with Crippen LogP contribution < -0.4 is 15.4 Å². The maximum Gasteiger partial charge on any atom is 0.230 e. The second-order valence-electron chi connectivity index (χ2n) is 4.24. The first kappa shape index (κ1) is 13.3. The number of hydrogen-bond donors (Lipinski definition) is 1. The summed E-state index contributed by atoms with van der Waals surface area (Å²) in [6.45, 7) is 2.33. The zero-order valence-corrected chi connectivity index (χ0v) is 11.4. The molecule has 2 rings (SSSR count). The van der Waals surface area contributed by atoms with Crippen LogP contribution in [0.15, 0.2) is 30.3 Å². The van der Waals surface area contributed by atoms with Gasteiger partial charge in [0.2, 0.25) is 5.95 Å². The molecule has 0 unspecified atom stereocenters. The lowest BCUT2D eigenvalue weighted by atomic mass is 10.2. The Bertz CT molecular complexity index is 571. The molecule has 0 bridgehead atoms. The topological polar surface area (TPSA) is 64.3 Å². The molecule has 0 fully saturated rings. The van der Waals surface area contributed by atoms with E-state index in [1.807, 2.05) is 49.2 Å². The molecule has 2 N–H and O–H groups in total. The van der Waals surface area contributed by atoms with Gasteiger partial charge in [0.1, 0.15) is 5.75 Å². The molecule has 0 spiro atoms. The van der Waals surface area contributed by atoms with Crippen LogP contribution >= 0.6 is 0 Å². The van der Waals surface area contributed by atoms with Crippen LogP contribution in [0.2, 0.25) is 0 Å². The molecule has 1 aromatic heterocycles. The lowest BCUT2D eigenvalue weighted by Gasteiger charge is -2.20. The largest absolute Gasteiger partial charge is 0.495 e. The number of aryl methyl sites for hydroxylation is 1. The third-order valence-corrected chi connectivity index (χ3v) is 2.85. The summed E-state index contributed by atoms with van der Waals surface area (Å²) in [4.78, 5) is 10.8. The van der Waals surface area contributed by atoms with E-state index in [0.717, 1.165) is 22.8 Å². The lowest BCUT2D eigenvalue weighted by molar-refractivity contribution is 0.415. The van der Waals surface area contributed by atoms with Crippen molar-refractivity contribution in [3.63, 3.8) is 0 Å². The third-order valence-electron chi connectivity index (χ3n) is 2.85. The van der Waals surface area contributed by atoms with Crippen molar-refractivity contribution >= 4 is 11.6 Å². The summed E-state index contributed by atoms with van der Waals surface area (Å²) >= 11 is 0. The van der Waals surface area contributed by atoms with Crippen molar-refractivity contribution < 1.29 is 4.74 Å². The standard InChI is InChI=1S/C14H18N4O/c1-10-8-11(9-15)17-14(16-10)18(2)12-6-4-5-7-13(12)19-3/h4-8H,9,15H2,1-3H3. The molecule has 1 aromatic carbocycles. The van der Waals surface area contributed by atoms with E-state index in [2.05, 4.69) is 9.97 Å². The number of para-hydroxylation sites is 2. The molecule has 0 radical (unpaired) electrons. The molecular weight excluding hydrogens is 240 g/mol. The van der Waals surface area contributed by atoms with Crippen LogP contribution in [-0.4, -0.2) is 24.1 Å². The summed E-state index contributed by atoms with van der Waals surface area (Å²) in [6, 6.07) is 9.64. The summed E-state index contributed by atoms with van der Waals surface area (Å²) in [7, 11) is 3.56. The molecule has 0 saturated carbocycles. The van der Waals surface area contributed by atoms with E-state index < -0.39 is 0 Å². The van der Waals surface area contributed by atoms with E-state index in [1.54, 1.807) is 7.11 Å². The highest BCUT2D eigenvalue weighted by atomic mass is 16.5. The number of nitrogens with zero attached hydrogens (tertiary/aromatic N) is 3. The monoisotopic (exact) mass is 258 g/mol.